The number of carbonyl (C=O) groups excluding carboxylic acids is 2. The summed E-state index contributed by atoms with van der Waals surface area (Å²) in [5, 5.41) is 4.69. The average Bonchev–Trinajstić information content (AvgIpc) is 3.14. The second-order valence-corrected chi connectivity index (χ2v) is 9.73. The largest absolute Gasteiger partial charge is 0.457 e. The summed E-state index contributed by atoms with van der Waals surface area (Å²) >= 11 is 0. The zero-order valence-corrected chi connectivity index (χ0v) is 19.5. The van der Waals surface area contributed by atoms with E-state index in [-0.39, 0.29) is 16.4 Å². The van der Waals surface area contributed by atoms with E-state index in [1.807, 2.05) is 0 Å². The maximum absolute atomic E-state index is 13.1. The van der Waals surface area contributed by atoms with Crippen molar-refractivity contribution in [2.45, 2.75) is 29.6 Å². The molecule has 3 N–H and O–H groups in total. The monoisotopic (exact) mass is 519 g/mol. The average molecular weight is 520 g/mol. The van der Waals surface area contributed by atoms with Gasteiger partial charge in [0, 0.05) is 0 Å². The molecular weight excluding hydrogens is 499 g/mol. The molecule has 3 aromatic carbocycles. The SMILES string of the molecule is C[C@@H](NS(=O)(=O)c1ccc(Oc2ccc(C(F)(F)F)cc2)cc1)[C@@]1(c2ccccc2)NC(=O)NC1=O. The van der Waals surface area contributed by atoms with Crippen LogP contribution in [0.5, 0.6) is 11.5 Å². The van der Waals surface area contributed by atoms with Gasteiger partial charge in [-0.1, -0.05) is 30.3 Å². The number of hydrogen-bond donors (Lipinski definition) is 3. The Hall–Kier alpha value is -3.90. The lowest BCUT2D eigenvalue weighted by Gasteiger charge is -2.33. The van der Waals surface area contributed by atoms with Gasteiger partial charge in [-0.25, -0.2) is 17.9 Å². The molecule has 1 saturated heterocycles. The van der Waals surface area contributed by atoms with Crippen LogP contribution in [-0.2, 0) is 26.5 Å². The van der Waals surface area contributed by atoms with Gasteiger partial charge in [0.15, 0.2) is 5.54 Å². The van der Waals surface area contributed by atoms with E-state index < -0.39 is 45.3 Å². The van der Waals surface area contributed by atoms with Crippen LogP contribution >= 0.6 is 0 Å². The van der Waals surface area contributed by atoms with Gasteiger partial charge in [0.1, 0.15) is 11.5 Å². The maximum Gasteiger partial charge on any atom is 0.416 e. The van der Waals surface area contributed by atoms with Gasteiger partial charge in [0.05, 0.1) is 16.5 Å². The summed E-state index contributed by atoms with van der Waals surface area (Å²) in [6.45, 7) is 1.46. The Morgan fingerprint density at radius 1 is 0.889 bits per heavy atom. The number of sulfonamides is 1. The Morgan fingerprint density at radius 3 is 1.94 bits per heavy atom. The van der Waals surface area contributed by atoms with Gasteiger partial charge in [0.2, 0.25) is 10.0 Å². The molecule has 12 heteroatoms. The van der Waals surface area contributed by atoms with E-state index in [9.17, 15) is 31.2 Å². The summed E-state index contributed by atoms with van der Waals surface area (Å²) in [7, 11) is -4.16. The molecule has 0 spiro atoms. The maximum atomic E-state index is 13.1. The first-order chi connectivity index (χ1) is 16.9. The fourth-order valence-electron chi connectivity index (χ4n) is 3.85. The predicted octanol–water partition coefficient (Wildman–Crippen LogP) is 3.90. The molecule has 0 saturated carbocycles. The first kappa shape index (κ1) is 25.2. The number of benzene rings is 3. The molecule has 0 bridgehead atoms. The third kappa shape index (κ3) is 4.90. The van der Waals surface area contributed by atoms with E-state index in [0.29, 0.717) is 5.56 Å². The van der Waals surface area contributed by atoms with Crippen LogP contribution < -0.4 is 20.1 Å². The number of amides is 3. The first-order valence-corrected chi connectivity index (χ1v) is 12.1. The minimum atomic E-state index is -4.47. The Balaban J connectivity index is 1.52. The van der Waals surface area contributed by atoms with E-state index >= 15 is 0 Å². The molecule has 3 amide bonds. The summed E-state index contributed by atoms with van der Waals surface area (Å²) in [5.41, 5.74) is -2.10. The number of nitrogens with one attached hydrogen (secondary N) is 3. The highest BCUT2D eigenvalue weighted by molar-refractivity contribution is 7.89. The standard InChI is InChI=1S/C24H20F3N3O5S/c1-15(23(16-5-3-2-4-6-16)21(31)28-22(32)29-23)30-36(33,34)20-13-11-19(12-14-20)35-18-9-7-17(8-10-18)24(25,26)27/h2-15,30H,1H3,(H2,28,29,31,32)/t15-,23+/m1/s1. The van der Waals surface area contributed by atoms with Crippen molar-refractivity contribution < 1.29 is 35.9 Å². The number of halogens is 3. The Morgan fingerprint density at radius 2 is 1.44 bits per heavy atom. The van der Waals surface area contributed by atoms with Crippen molar-refractivity contribution in [3.8, 4) is 11.5 Å². The fraction of sp³-hybridized carbons (Fsp3) is 0.167. The summed E-state index contributed by atoms with van der Waals surface area (Å²) in [6.07, 6.45) is -4.47. The Labute approximate surface area is 204 Å². The molecule has 0 unspecified atom stereocenters. The smallest absolute Gasteiger partial charge is 0.416 e. The second-order valence-electron chi connectivity index (χ2n) is 8.02. The van der Waals surface area contributed by atoms with Gasteiger partial charge in [-0.05, 0) is 61.0 Å². The molecule has 0 aromatic heterocycles. The van der Waals surface area contributed by atoms with Crippen LogP contribution in [0, 0.1) is 0 Å². The third-order valence-corrected chi connectivity index (χ3v) is 7.21. The molecule has 3 aromatic rings. The number of urea groups is 1. The minimum absolute atomic E-state index is 0.137. The minimum Gasteiger partial charge on any atom is -0.457 e. The molecule has 1 fully saturated rings. The lowest BCUT2D eigenvalue weighted by atomic mass is 9.84. The van der Waals surface area contributed by atoms with E-state index in [4.69, 9.17) is 4.74 Å². The van der Waals surface area contributed by atoms with E-state index in [1.54, 1.807) is 30.3 Å². The zero-order chi connectivity index (χ0) is 26.1. The van der Waals surface area contributed by atoms with Gasteiger partial charge in [0.25, 0.3) is 5.91 Å². The van der Waals surface area contributed by atoms with Crippen LogP contribution in [0.2, 0.25) is 0 Å². The number of carbonyl (C=O) groups is 2. The van der Waals surface area contributed by atoms with Crippen LogP contribution in [0.3, 0.4) is 0 Å². The predicted molar refractivity (Wildman–Crippen MR) is 123 cm³/mol. The van der Waals surface area contributed by atoms with Gasteiger partial charge in [-0.3, -0.25) is 10.1 Å². The highest BCUT2D eigenvalue weighted by atomic mass is 32.2. The van der Waals surface area contributed by atoms with Crippen molar-refractivity contribution in [3.63, 3.8) is 0 Å². The molecule has 0 radical (unpaired) electrons. The number of imide groups is 1. The summed E-state index contributed by atoms with van der Waals surface area (Å²) in [4.78, 5) is 24.6. The van der Waals surface area contributed by atoms with Crippen molar-refractivity contribution in [1.29, 1.82) is 0 Å². The van der Waals surface area contributed by atoms with Gasteiger partial charge >= 0.3 is 12.2 Å². The number of ether oxygens (including phenoxy) is 1. The lowest BCUT2D eigenvalue weighted by molar-refractivity contribution is -0.137. The topological polar surface area (TPSA) is 114 Å². The molecule has 36 heavy (non-hydrogen) atoms. The van der Waals surface area contributed by atoms with Crippen molar-refractivity contribution >= 4 is 22.0 Å². The van der Waals surface area contributed by atoms with E-state index in [2.05, 4.69) is 15.4 Å². The zero-order valence-electron chi connectivity index (χ0n) is 18.7. The Kier molecular flexibility index (Phi) is 6.50. The van der Waals surface area contributed by atoms with Crippen LogP contribution in [0.4, 0.5) is 18.0 Å². The van der Waals surface area contributed by atoms with Crippen molar-refractivity contribution in [3.05, 3.63) is 90.0 Å². The van der Waals surface area contributed by atoms with Crippen molar-refractivity contribution in [2.24, 2.45) is 0 Å². The summed E-state index contributed by atoms with van der Waals surface area (Å²) in [6, 6.07) is 15.6. The molecule has 2 atom stereocenters. The normalized spacial score (nSPS) is 18.9. The molecule has 1 aliphatic heterocycles. The molecule has 8 nitrogen and oxygen atoms in total. The van der Waals surface area contributed by atoms with Crippen LogP contribution in [0.15, 0.2) is 83.8 Å². The first-order valence-electron chi connectivity index (χ1n) is 10.6. The molecule has 188 valence electrons. The highest BCUT2D eigenvalue weighted by Gasteiger charge is 2.52. The van der Waals surface area contributed by atoms with E-state index in [0.717, 1.165) is 24.3 Å². The van der Waals surface area contributed by atoms with Crippen LogP contribution in [0.25, 0.3) is 0 Å². The van der Waals surface area contributed by atoms with Crippen LogP contribution in [-0.4, -0.2) is 26.4 Å². The Bertz CT molecular complexity index is 1380. The number of hydrogen-bond acceptors (Lipinski definition) is 5. The summed E-state index contributed by atoms with van der Waals surface area (Å²) in [5.74, 6) is -0.364. The fourth-order valence-corrected chi connectivity index (χ4v) is 5.12. The van der Waals surface area contributed by atoms with Gasteiger partial charge in [-0.2, -0.15) is 13.2 Å². The van der Waals surface area contributed by atoms with Gasteiger partial charge < -0.3 is 10.1 Å². The van der Waals surface area contributed by atoms with Gasteiger partial charge in [-0.15, -0.1) is 0 Å². The van der Waals surface area contributed by atoms with Crippen molar-refractivity contribution in [1.82, 2.24) is 15.4 Å². The van der Waals surface area contributed by atoms with E-state index in [1.165, 1.54) is 31.2 Å². The second kappa shape index (κ2) is 9.28. The lowest BCUT2D eigenvalue weighted by Crippen LogP contribution is -2.58. The molecule has 1 aliphatic rings. The van der Waals surface area contributed by atoms with Crippen molar-refractivity contribution in [2.75, 3.05) is 0 Å². The molecule has 1 heterocycles. The van der Waals surface area contributed by atoms with Crippen LogP contribution in [0.1, 0.15) is 18.1 Å². The molecule has 4 rings (SSSR count). The third-order valence-electron chi connectivity index (χ3n) is 5.66. The number of rotatable bonds is 7. The molecular formula is C24H20F3N3O5S. The summed E-state index contributed by atoms with van der Waals surface area (Å²) < 4.78 is 72.2. The highest BCUT2D eigenvalue weighted by Crippen LogP contribution is 2.32. The quantitative estimate of drug-likeness (QED) is 0.410. The number of alkyl halides is 3. The molecule has 0 aliphatic carbocycles.